The summed E-state index contributed by atoms with van der Waals surface area (Å²) in [7, 11) is 0. The molecular formula is C18H22N4O3. The van der Waals surface area contributed by atoms with Crippen LogP contribution in [0.2, 0.25) is 0 Å². The molecule has 0 N–H and O–H groups in total. The van der Waals surface area contributed by atoms with Crippen molar-refractivity contribution >= 4 is 11.8 Å². The average Bonchev–Trinajstić information content (AvgIpc) is 3.34. The first-order valence-corrected chi connectivity index (χ1v) is 8.72. The summed E-state index contributed by atoms with van der Waals surface area (Å²) in [4.78, 5) is 28.7. The van der Waals surface area contributed by atoms with Crippen molar-refractivity contribution in [1.82, 2.24) is 19.6 Å². The smallest absolute Gasteiger partial charge is 0.289 e. The predicted octanol–water partition coefficient (Wildman–Crippen LogP) is 1.63. The van der Waals surface area contributed by atoms with E-state index in [9.17, 15) is 9.59 Å². The third-order valence-corrected chi connectivity index (χ3v) is 5.36. The SMILES string of the molecule is CC(=O)N1C(Cn2cccn2)C[C@@H]2CN(C(=O)c3ccco3)CC[C@@H]21. The van der Waals surface area contributed by atoms with Crippen molar-refractivity contribution in [2.24, 2.45) is 5.92 Å². The summed E-state index contributed by atoms with van der Waals surface area (Å²) in [5.74, 6) is 0.730. The monoisotopic (exact) mass is 342 g/mol. The lowest BCUT2D eigenvalue weighted by Gasteiger charge is -2.38. The van der Waals surface area contributed by atoms with Crippen LogP contribution in [-0.2, 0) is 11.3 Å². The van der Waals surface area contributed by atoms with Crippen molar-refractivity contribution in [3.8, 4) is 0 Å². The van der Waals surface area contributed by atoms with E-state index in [1.807, 2.05) is 26.7 Å². The molecule has 0 aliphatic carbocycles. The first-order chi connectivity index (χ1) is 12.1. The van der Waals surface area contributed by atoms with Gasteiger partial charge in [-0.3, -0.25) is 14.3 Å². The summed E-state index contributed by atoms with van der Waals surface area (Å²) in [6, 6.07) is 5.66. The van der Waals surface area contributed by atoms with Gasteiger partial charge in [0.25, 0.3) is 5.91 Å². The molecule has 7 nitrogen and oxygen atoms in total. The van der Waals surface area contributed by atoms with Crippen molar-refractivity contribution in [1.29, 1.82) is 0 Å². The molecule has 3 atom stereocenters. The lowest BCUT2D eigenvalue weighted by Crippen LogP contribution is -2.50. The number of furan rings is 1. The summed E-state index contributed by atoms with van der Waals surface area (Å²) in [6.45, 7) is 3.66. The van der Waals surface area contributed by atoms with Crippen LogP contribution in [-0.4, -0.2) is 56.6 Å². The Morgan fingerprint density at radius 1 is 1.36 bits per heavy atom. The molecular weight excluding hydrogens is 320 g/mol. The molecule has 0 spiro atoms. The molecule has 4 rings (SSSR count). The molecule has 2 aliphatic rings. The highest BCUT2D eigenvalue weighted by Gasteiger charge is 2.46. The van der Waals surface area contributed by atoms with Gasteiger partial charge in [0.15, 0.2) is 5.76 Å². The Balaban J connectivity index is 1.49. The summed E-state index contributed by atoms with van der Waals surface area (Å²) >= 11 is 0. The number of hydrogen-bond donors (Lipinski definition) is 0. The van der Waals surface area contributed by atoms with Gasteiger partial charge in [-0.15, -0.1) is 0 Å². The number of nitrogens with zero attached hydrogens (tertiary/aromatic N) is 4. The fourth-order valence-electron chi connectivity index (χ4n) is 4.37. The lowest BCUT2D eigenvalue weighted by molar-refractivity contribution is -0.132. The van der Waals surface area contributed by atoms with Crippen LogP contribution in [0.1, 0.15) is 30.3 Å². The maximum atomic E-state index is 12.5. The lowest BCUT2D eigenvalue weighted by atomic mass is 9.92. The van der Waals surface area contributed by atoms with Gasteiger partial charge in [0.2, 0.25) is 5.91 Å². The quantitative estimate of drug-likeness (QED) is 0.850. The van der Waals surface area contributed by atoms with Crippen molar-refractivity contribution in [2.45, 2.75) is 38.4 Å². The van der Waals surface area contributed by atoms with Gasteiger partial charge in [-0.25, -0.2) is 0 Å². The highest BCUT2D eigenvalue weighted by molar-refractivity contribution is 5.91. The van der Waals surface area contributed by atoms with Crippen LogP contribution in [0.25, 0.3) is 0 Å². The van der Waals surface area contributed by atoms with E-state index in [0.717, 1.165) is 12.8 Å². The number of carbonyl (C=O) groups is 2. The highest BCUT2D eigenvalue weighted by atomic mass is 16.3. The minimum absolute atomic E-state index is 0.0617. The molecule has 0 bridgehead atoms. The zero-order valence-corrected chi connectivity index (χ0v) is 14.2. The van der Waals surface area contributed by atoms with Gasteiger partial charge in [-0.1, -0.05) is 0 Å². The molecule has 2 amide bonds. The molecule has 25 heavy (non-hydrogen) atoms. The highest BCUT2D eigenvalue weighted by Crippen LogP contribution is 2.36. The van der Waals surface area contributed by atoms with Crippen molar-refractivity contribution < 1.29 is 14.0 Å². The zero-order chi connectivity index (χ0) is 17.4. The van der Waals surface area contributed by atoms with Crippen LogP contribution >= 0.6 is 0 Å². The second kappa shape index (κ2) is 6.38. The van der Waals surface area contributed by atoms with E-state index in [1.165, 1.54) is 6.26 Å². The average molecular weight is 342 g/mol. The van der Waals surface area contributed by atoms with Gasteiger partial charge in [-0.2, -0.15) is 5.10 Å². The van der Waals surface area contributed by atoms with Gasteiger partial charge < -0.3 is 14.2 Å². The van der Waals surface area contributed by atoms with E-state index >= 15 is 0 Å². The van der Waals surface area contributed by atoms with Gasteiger partial charge in [0, 0.05) is 38.4 Å². The fourth-order valence-corrected chi connectivity index (χ4v) is 4.37. The summed E-state index contributed by atoms with van der Waals surface area (Å²) in [6.07, 6.45) is 6.91. The van der Waals surface area contributed by atoms with Crippen LogP contribution in [0.4, 0.5) is 0 Å². The van der Waals surface area contributed by atoms with Crippen LogP contribution in [0.15, 0.2) is 41.3 Å². The van der Waals surface area contributed by atoms with E-state index in [-0.39, 0.29) is 23.9 Å². The Bertz CT molecular complexity index is 740. The molecule has 0 aromatic carbocycles. The number of hydrogen-bond acceptors (Lipinski definition) is 4. The first-order valence-electron chi connectivity index (χ1n) is 8.72. The van der Waals surface area contributed by atoms with Crippen molar-refractivity contribution in [3.63, 3.8) is 0 Å². The Morgan fingerprint density at radius 2 is 2.24 bits per heavy atom. The normalized spacial score (nSPS) is 25.9. The van der Waals surface area contributed by atoms with Crippen LogP contribution in [0, 0.1) is 5.92 Å². The molecule has 4 heterocycles. The summed E-state index contributed by atoms with van der Waals surface area (Å²) in [5, 5.41) is 4.27. The van der Waals surface area contributed by atoms with E-state index in [0.29, 0.717) is 31.3 Å². The molecule has 2 saturated heterocycles. The van der Waals surface area contributed by atoms with Gasteiger partial charge in [-0.05, 0) is 37.0 Å². The number of rotatable bonds is 3. The molecule has 0 radical (unpaired) electrons. The minimum atomic E-state index is -0.0617. The number of amides is 2. The fraction of sp³-hybridized carbons (Fsp3) is 0.500. The van der Waals surface area contributed by atoms with E-state index in [2.05, 4.69) is 5.10 Å². The topological polar surface area (TPSA) is 71.6 Å². The molecule has 1 unspecified atom stereocenters. The van der Waals surface area contributed by atoms with Crippen LogP contribution in [0.5, 0.6) is 0 Å². The summed E-state index contributed by atoms with van der Waals surface area (Å²) < 4.78 is 7.12. The molecule has 2 aromatic rings. The molecule has 7 heteroatoms. The Hall–Kier alpha value is -2.57. The maximum Gasteiger partial charge on any atom is 0.289 e. The van der Waals surface area contributed by atoms with E-state index in [4.69, 9.17) is 4.42 Å². The van der Waals surface area contributed by atoms with Gasteiger partial charge in [0.05, 0.1) is 18.8 Å². The minimum Gasteiger partial charge on any atom is -0.459 e. The number of carbonyl (C=O) groups excluding carboxylic acids is 2. The largest absolute Gasteiger partial charge is 0.459 e. The standard InChI is InChI=1S/C18H22N4O3/c1-13(23)22-15(12-21-7-3-6-19-21)10-14-11-20(8-5-16(14)22)18(24)17-4-2-9-25-17/h2-4,6-7,9,14-16H,5,8,10-12H2,1H3/t14-,15?,16+/m1/s1. The van der Waals surface area contributed by atoms with Crippen LogP contribution < -0.4 is 0 Å². The first kappa shape index (κ1) is 15.9. The predicted molar refractivity (Wildman–Crippen MR) is 89.7 cm³/mol. The molecule has 2 aliphatic heterocycles. The maximum absolute atomic E-state index is 12.5. The van der Waals surface area contributed by atoms with E-state index < -0.39 is 0 Å². The third-order valence-electron chi connectivity index (χ3n) is 5.36. The van der Waals surface area contributed by atoms with Gasteiger partial charge >= 0.3 is 0 Å². The van der Waals surface area contributed by atoms with Crippen LogP contribution in [0.3, 0.4) is 0 Å². The molecule has 2 fully saturated rings. The number of aromatic nitrogens is 2. The van der Waals surface area contributed by atoms with Gasteiger partial charge in [0.1, 0.15) is 0 Å². The van der Waals surface area contributed by atoms with E-state index in [1.54, 1.807) is 25.3 Å². The van der Waals surface area contributed by atoms with Crippen molar-refractivity contribution in [2.75, 3.05) is 13.1 Å². The molecule has 132 valence electrons. The number of likely N-dealkylation sites (tertiary alicyclic amines) is 2. The number of fused-ring (bicyclic) bond motifs is 1. The van der Waals surface area contributed by atoms with Crippen molar-refractivity contribution in [3.05, 3.63) is 42.6 Å². The number of piperidine rings is 1. The summed E-state index contributed by atoms with van der Waals surface area (Å²) in [5.41, 5.74) is 0. The molecule has 0 saturated carbocycles. The molecule has 2 aromatic heterocycles. The third kappa shape index (κ3) is 2.94. The Labute approximate surface area is 146 Å². The Morgan fingerprint density at radius 3 is 2.92 bits per heavy atom. The zero-order valence-electron chi connectivity index (χ0n) is 14.2. The second-order valence-corrected chi connectivity index (χ2v) is 6.89. The Kier molecular flexibility index (Phi) is 4.07. The second-order valence-electron chi connectivity index (χ2n) is 6.89.